The van der Waals surface area contributed by atoms with Gasteiger partial charge in [0.05, 0.1) is 5.69 Å². The summed E-state index contributed by atoms with van der Waals surface area (Å²) in [5.41, 5.74) is 10.1. The highest BCUT2D eigenvalue weighted by molar-refractivity contribution is 5.46. The third-order valence-electron chi connectivity index (χ3n) is 3.37. The molecule has 18 heavy (non-hydrogen) atoms. The van der Waals surface area contributed by atoms with E-state index in [0.717, 1.165) is 22.5 Å². The van der Waals surface area contributed by atoms with Gasteiger partial charge in [-0.3, -0.25) is 0 Å². The second kappa shape index (κ2) is 4.53. The molecule has 0 fully saturated rings. The molecule has 2 rings (SSSR count). The normalized spacial score (nSPS) is 12.8. The minimum absolute atomic E-state index is 0.236. The first-order valence-corrected chi connectivity index (χ1v) is 6.00. The lowest BCUT2D eigenvalue weighted by Gasteiger charge is -2.15. The molecule has 3 nitrogen and oxygen atoms in total. The topological polar surface area (TPSA) is 43.8 Å². The number of benzene rings is 1. The monoisotopic (exact) mass is 247 g/mol. The molecule has 0 radical (unpaired) electrons. The molecule has 0 saturated carbocycles. The van der Waals surface area contributed by atoms with Crippen molar-refractivity contribution in [3.05, 3.63) is 46.5 Å². The fraction of sp³-hybridized carbons (Fsp3) is 0.357. The van der Waals surface area contributed by atoms with Crippen LogP contribution >= 0.6 is 0 Å². The largest absolute Gasteiger partial charge is 0.324 e. The summed E-state index contributed by atoms with van der Waals surface area (Å²) in [5.74, 6) is -0.296. The second-order valence-electron chi connectivity index (χ2n) is 4.67. The number of nitrogens with zero attached hydrogens (tertiary/aromatic N) is 2. The molecule has 1 unspecified atom stereocenters. The zero-order chi connectivity index (χ0) is 13.4. The molecule has 1 heterocycles. The van der Waals surface area contributed by atoms with Crippen LogP contribution in [0.5, 0.6) is 0 Å². The number of nitrogens with two attached hydrogens (primary N) is 1. The van der Waals surface area contributed by atoms with Crippen LogP contribution in [0.1, 0.15) is 35.5 Å². The van der Waals surface area contributed by atoms with Gasteiger partial charge in [0.25, 0.3) is 0 Å². The third-order valence-corrected chi connectivity index (χ3v) is 3.37. The fourth-order valence-electron chi connectivity index (χ4n) is 2.06. The summed E-state index contributed by atoms with van der Waals surface area (Å²) in [5, 5.41) is 4.40. The maximum Gasteiger partial charge on any atom is 0.149 e. The summed E-state index contributed by atoms with van der Waals surface area (Å²) in [6.07, 6.45) is 0. The average Bonchev–Trinajstić information content (AvgIpc) is 2.56. The Morgan fingerprint density at radius 3 is 2.44 bits per heavy atom. The van der Waals surface area contributed by atoms with Gasteiger partial charge in [-0.2, -0.15) is 5.10 Å². The number of rotatable bonds is 2. The first-order chi connectivity index (χ1) is 8.43. The van der Waals surface area contributed by atoms with Gasteiger partial charge in [-0.15, -0.1) is 0 Å². The Bertz CT molecular complexity index is 585. The van der Waals surface area contributed by atoms with E-state index < -0.39 is 0 Å². The predicted molar refractivity (Wildman–Crippen MR) is 70.3 cm³/mol. The molecule has 0 aliphatic carbocycles. The van der Waals surface area contributed by atoms with E-state index in [1.165, 1.54) is 6.07 Å². The molecule has 1 aromatic heterocycles. The van der Waals surface area contributed by atoms with Crippen molar-refractivity contribution in [1.29, 1.82) is 0 Å². The Hall–Kier alpha value is -1.68. The van der Waals surface area contributed by atoms with Crippen LogP contribution in [0.4, 0.5) is 4.39 Å². The van der Waals surface area contributed by atoms with Gasteiger partial charge in [0.15, 0.2) is 0 Å². The molecule has 0 spiro atoms. The molecule has 96 valence electrons. The highest BCUT2D eigenvalue weighted by Crippen LogP contribution is 2.25. The second-order valence-corrected chi connectivity index (χ2v) is 4.67. The van der Waals surface area contributed by atoms with Crippen molar-refractivity contribution in [1.82, 2.24) is 9.78 Å². The smallest absolute Gasteiger partial charge is 0.149 e. The van der Waals surface area contributed by atoms with Gasteiger partial charge in [-0.05, 0) is 44.9 Å². The van der Waals surface area contributed by atoms with Gasteiger partial charge in [0, 0.05) is 11.7 Å². The van der Waals surface area contributed by atoms with Gasteiger partial charge in [-0.1, -0.05) is 12.1 Å². The summed E-state index contributed by atoms with van der Waals surface area (Å²) in [6.45, 7) is 7.69. The highest BCUT2D eigenvalue weighted by atomic mass is 19.1. The first kappa shape index (κ1) is 12.8. The first-order valence-electron chi connectivity index (χ1n) is 6.00. The van der Waals surface area contributed by atoms with Gasteiger partial charge in [-0.25, -0.2) is 9.07 Å². The number of aromatic nitrogens is 2. The molecular formula is C14H18FN3. The van der Waals surface area contributed by atoms with Crippen molar-refractivity contribution in [3.8, 4) is 5.69 Å². The van der Waals surface area contributed by atoms with Crippen LogP contribution in [-0.4, -0.2) is 9.78 Å². The van der Waals surface area contributed by atoms with Crippen molar-refractivity contribution in [2.75, 3.05) is 0 Å². The standard InChI is InChI=1S/C14H18FN3/c1-8-10(3)17-18(11(8)4)14-12(9(2)16)6-5-7-13(14)15/h5-7,9H,16H2,1-4H3. The van der Waals surface area contributed by atoms with Gasteiger partial charge in [0.2, 0.25) is 0 Å². The van der Waals surface area contributed by atoms with E-state index in [2.05, 4.69) is 5.10 Å². The summed E-state index contributed by atoms with van der Waals surface area (Å²) in [6, 6.07) is 4.72. The van der Waals surface area contributed by atoms with Crippen molar-refractivity contribution in [2.24, 2.45) is 5.73 Å². The highest BCUT2D eigenvalue weighted by Gasteiger charge is 2.17. The molecule has 0 aliphatic rings. The summed E-state index contributed by atoms with van der Waals surface area (Å²) >= 11 is 0. The quantitative estimate of drug-likeness (QED) is 0.886. The Kier molecular flexibility index (Phi) is 3.22. The Morgan fingerprint density at radius 2 is 1.94 bits per heavy atom. The van der Waals surface area contributed by atoms with Crippen LogP contribution in [0, 0.1) is 26.6 Å². The van der Waals surface area contributed by atoms with Gasteiger partial charge in [0.1, 0.15) is 11.5 Å². The van der Waals surface area contributed by atoms with Crippen LogP contribution < -0.4 is 5.73 Å². The molecule has 0 amide bonds. The predicted octanol–water partition coefficient (Wildman–Crippen LogP) is 2.96. The van der Waals surface area contributed by atoms with Crippen LogP contribution in [0.15, 0.2) is 18.2 Å². The van der Waals surface area contributed by atoms with Crippen LogP contribution in [-0.2, 0) is 0 Å². The lowest BCUT2D eigenvalue weighted by atomic mass is 10.1. The van der Waals surface area contributed by atoms with E-state index in [-0.39, 0.29) is 11.9 Å². The number of halogens is 1. The maximum atomic E-state index is 14.1. The van der Waals surface area contributed by atoms with E-state index in [1.54, 1.807) is 10.7 Å². The zero-order valence-corrected chi connectivity index (χ0v) is 11.2. The fourth-order valence-corrected chi connectivity index (χ4v) is 2.06. The Labute approximate surface area is 106 Å². The molecule has 0 bridgehead atoms. The maximum absolute atomic E-state index is 14.1. The minimum Gasteiger partial charge on any atom is -0.324 e. The third kappa shape index (κ3) is 1.93. The van der Waals surface area contributed by atoms with Crippen LogP contribution in [0.2, 0.25) is 0 Å². The molecular weight excluding hydrogens is 229 g/mol. The number of hydrogen-bond acceptors (Lipinski definition) is 2. The number of aryl methyl sites for hydroxylation is 1. The van der Waals surface area contributed by atoms with Gasteiger partial charge >= 0.3 is 0 Å². The number of hydrogen-bond donors (Lipinski definition) is 1. The van der Waals surface area contributed by atoms with Crippen molar-refractivity contribution in [3.63, 3.8) is 0 Å². The molecule has 1 atom stereocenters. The van der Waals surface area contributed by atoms with Gasteiger partial charge < -0.3 is 5.73 Å². The van der Waals surface area contributed by atoms with E-state index in [9.17, 15) is 4.39 Å². The molecule has 2 aromatic rings. The van der Waals surface area contributed by atoms with E-state index in [0.29, 0.717) is 5.69 Å². The van der Waals surface area contributed by atoms with E-state index in [1.807, 2.05) is 33.8 Å². The SMILES string of the molecule is Cc1nn(-c2c(F)cccc2C(C)N)c(C)c1C. The van der Waals surface area contributed by atoms with Crippen molar-refractivity contribution < 1.29 is 4.39 Å². The molecule has 2 N–H and O–H groups in total. The summed E-state index contributed by atoms with van der Waals surface area (Å²) < 4.78 is 15.8. The van der Waals surface area contributed by atoms with Crippen molar-refractivity contribution in [2.45, 2.75) is 33.7 Å². The van der Waals surface area contributed by atoms with E-state index in [4.69, 9.17) is 5.73 Å². The minimum atomic E-state index is -0.296. The number of para-hydroxylation sites is 1. The van der Waals surface area contributed by atoms with E-state index >= 15 is 0 Å². The van der Waals surface area contributed by atoms with Crippen LogP contribution in [0.3, 0.4) is 0 Å². The average molecular weight is 247 g/mol. The van der Waals surface area contributed by atoms with Crippen molar-refractivity contribution >= 4 is 0 Å². The molecule has 0 aliphatic heterocycles. The zero-order valence-electron chi connectivity index (χ0n) is 11.2. The Balaban J connectivity index is 2.74. The summed E-state index contributed by atoms with van der Waals surface area (Å²) in [4.78, 5) is 0. The molecule has 4 heteroatoms. The lowest BCUT2D eigenvalue weighted by molar-refractivity contribution is 0.599. The lowest BCUT2D eigenvalue weighted by Crippen LogP contribution is -2.13. The summed E-state index contributed by atoms with van der Waals surface area (Å²) in [7, 11) is 0. The molecule has 1 aromatic carbocycles. The Morgan fingerprint density at radius 1 is 1.28 bits per heavy atom. The van der Waals surface area contributed by atoms with Crippen LogP contribution in [0.25, 0.3) is 5.69 Å². The molecule has 0 saturated heterocycles.